The SMILES string of the molecule is CN(C)S(=O)(=O)[C@@H]1CNC[C@@H]1C(F)(F)F. The number of sulfonamides is 1. The summed E-state index contributed by atoms with van der Waals surface area (Å²) in [4.78, 5) is 0. The van der Waals surface area contributed by atoms with E-state index in [-0.39, 0.29) is 13.1 Å². The van der Waals surface area contributed by atoms with E-state index in [4.69, 9.17) is 0 Å². The van der Waals surface area contributed by atoms with Gasteiger partial charge < -0.3 is 5.32 Å². The second-order valence-electron chi connectivity index (χ2n) is 3.67. The van der Waals surface area contributed by atoms with Crippen molar-refractivity contribution in [3.05, 3.63) is 0 Å². The Hall–Kier alpha value is -0.340. The third-order valence-electron chi connectivity index (χ3n) is 2.47. The molecule has 15 heavy (non-hydrogen) atoms. The first kappa shape index (κ1) is 12.7. The van der Waals surface area contributed by atoms with Crippen molar-refractivity contribution in [2.24, 2.45) is 5.92 Å². The van der Waals surface area contributed by atoms with E-state index < -0.39 is 27.4 Å². The minimum Gasteiger partial charge on any atom is -0.315 e. The maximum Gasteiger partial charge on any atom is 0.394 e. The Kier molecular flexibility index (Phi) is 3.32. The molecule has 0 aliphatic carbocycles. The Morgan fingerprint density at radius 2 is 1.80 bits per heavy atom. The van der Waals surface area contributed by atoms with Crippen molar-refractivity contribution in [3.63, 3.8) is 0 Å². The zero-order chi connectivity index (χ0) is 11.9. The summed E-state index contributed by atoms with van der Waals surface area (Å²) in [6.45, 7) is -0.480. The largest absolute Gasteiger partial charge is 0.394 e. The molecule has 0 radical (unpaired) electrons. The van der Waals surface area contributed by atoms with E-state index in [1.165, 1.54) is 14.1 Å². The lowest BCUT2D eigenvalue weighted by Crippen LogP contribution is -2.43. The van der Waals surface area contributed by atoms with Gasteiger partial charge in [0.25, 0.3) is 0 Å². The van der Waals surface area contributed by atoms with Crippen molar-refractivity contribution in [2.45, 2.75) is 11.4 Å². The zero-order valence-electron chi connectivity index (χ0n) is 8.37. The van der Waals surface area contributed by atoms with Crippen molar-refractivity contribution >= 4 is 10.0 Å². The first-order chi connectivity index (χ1) is 6.67. The first-order valence-electron chi connectivity index (χ1n) is 4.36. The van der Waals surface area contributed by atoms with Crippen LogP contribution in [0.5, 0.6) is 0 Å². The highest BCUT2D eigenvalue weighted by Crippen LogP contribution is 2.34. The molecule has 1 aliphatic rings. The molecule has 1 rings (SSSR count). The maximum absolute atomic E-state index is 12.5. The molecule has 90 valence electrons. The molecule has 0 aromatic rings. The predicted molar refractivity (Wildman–Crippen MR) is 48.8 cm³/mol. The van der Waals surface area contributed by atoms with E-state index in [0.29, 0.717) is 0 Å². The molecule has 4 nitrogen and oxygen atoms in total. The molecule has 0 saturated carbocycles. The lowest BCUT2D eigenvalue weighted by Gasteiger charge is -2.24. The molecule has 0 aromatic heterocycles. The molecule has 1 aliphatic heterocycles. The van der Waals surface area contributed by atoms with Crippen LogP contribution in [0.1, 0.15) is 0 Å². The third-order valence-corrected chi connectivity index (χ3v) is 4.75. The van der Waals surface area contributed by atoms with Gasteiger partial charge in [0.05, 0.1) is 5.92 Å². The normalized spacial score (nSPS) is 28.7. The van der Waals surface area contributed by atoms with Crippen LogP contribution in [0.25, 0.3) is 0 Å². The fourth-order valence-electron chi connectivity index (χ4n) is 1.56. The Balaban J connectivity index is 2.97. The molecular weight excluding hydrogens is 233 g/mol. The van der Waals surface area contributed by atoms with Crippen LogP contribution < -0.4 is 5.32 Å². The van der Waals surface area contributed by atoms with Crippen LogP contribution in [-0.4, -0.2) is 51.3 Å². The molecule has 0 amide bonds. The number of halogens is 3. The summed E-state index contributed by atoms with van der Waals surface area (Å²) in [5.74, 6) is -1.81. The van der Waals surface area contributed by atoms with Gasteiger partial charge in [-0.3, -0.25) is 0 Å². The van der Waals surface area contributed by atoms with Crippen molar-refractivity contribution in [3.8, 4) is 0 Å². The lowest BCUT2D eigenvalue weighted by molar-refractivity contribution is -0.167. The summed E-state index contributed by atoms with van der Waals surface area (Å²) in [6.07, 6.45) is -4.47. The second-order valence-corrected chi connectivity index (χ2v) is 6.04. The van der Waals surface area contributed by atoms with E-state index in [0.717, 1.165) is 4.31 Å². The van der Waals surface area contributed by atoms with Crippen molar-refractivity contribution in [1.29, 1.82) is 0 Å². The highest BCUT2D eigenvalue weighted by Gasteiger charge is 2.52. The Bertz CT molecular complexity index is 326. The van der Waals surface area contributed by atoms with Crippen molar-refractivity contribution < 1.29 is 21.6 Å². The molecule has 1 heterocycles. The van der Waals surface area contributed by atoms with Crippen LogP contribution >= 0.6 is 0 Å². The van der Waals surface area contributed by atoms with E-state index in [1.807, 2.05) is 0 Å². The molecule has 1 saturated heterocycles. The average Bonchev–Trinajstić information content (AvgIpc) is 2.49. The lowest BCUT2D eigenvalue weighted by atomic mass is 10.1. The number of rotatable bonds is 2. The van der Waals surface area contributed by atoms with Gasteiger partial charge in [0, 0.05) is 27.2 Å². The van der Waals surface area contributed by atoms with Gasteiger partial charge in [-0.05, 0) is 0 Å². The third kappa shape index (κ3) is 2.43. The average molecular weight is 246 g/mol. The Labute approximate surface area is 86.5 Å². The van der Waals surface area contributed by atoms with Gasteiger partial charge in [-0.15, -0.1) is 0 Å². The Morgan fingerprint density at radius 3 is 2.20 bits per heavy atom. The smallest absolute Gasteiger partial charge is 0.315 e. The molecular formula is C7H13F3N2O2S. The van der Waals surface area contributed by atoms with Gasteiger partial charge in [-0.2, -0.15) is 13.2 Å². The van der Waals surface area contributed by atoms with Crippen molar-refractivity contribution in [2.75, 3.05) is 27.2 Å². The monoisotopic (exact) mass is 246 g/mol. The van der Waals surface area contributed by atoms with Gasteiger partial charge in [-0.25, -0.2) is 12.7 Å². The highest BCUT2D eigenvalue weighted by atomic mass is 32.2. The van der Waals surface area contributed by atoms with Gasteiger partial charge in [0.2, 0.25) is 10.0 Å². The molecule has 0 unspecified atom stereocenters. The first-order valence-corrected chi connectivity index (χ1v) is 5.86. The summed E-state index contributed by atoms with van der Waals surface area (Å²) >= 11 is 0. The number of alkyl halides is 3. The van der Waals surface area contributed by atoms with Crippen LogP contribution in [0.3, 0.4) is 0 Å². The zero-order valence-corrected chi connectivity index (χ0v) is 9.19. The van der Waals surface area contributed by atoms with Gasteiger partial charge >= 0.3 is 6.18 Å². The van der Waals surface area contributed by atoms with Gasteiger partial charge in [-0.1, -0.05) is 0 Å². The number of nitrogens with one attached hydrogen (secondary N) is 1. The molecule has 0 bridgehead atoms. The van der Waals surface area contributed by atoms with Crippen LogP contribution in [-0.2, 0) is 10.0 Å². The molecule has 2 atom stereocenters. The van der Waals surface area contributed by atoms with Crippen LogP contribution in [0.2, 0.25) is 0 Å². The fraction of sp³-hybridized carbons (Fsp3) is 1.00. The summed E-state index contributed by atoms with van der Waals surface area (Å²) in [7, 11) is -1.38. The van der Waals surface area contributed by atoms with Crippen LogP contribution in [0.15, 0.2) is 0 Å². The number of hydrogen-bond acceptors (Lipinski definition) is 3. The standard InChI is InChI=1S/C7H13F3N2O2S/c1-12(2)15(13,14)6-4-11-3-5(6)7(8,9)10/h5-6,11H,3-4H2,1-2H3/t5-,6+/m0/s1. The van der Waals surface area contributed by atoms with Gasteiger partial charge in [0.1, 0.15) is 5.25 Å². The maximum atomic E-state index is 12.5. The fourth-order valence-corrected chi connectivity index (χ4v) is 3.10. The predicted octanol–water partition coefficient (Wildman–Crippen LogP) is 0.0281. The van der Waals surface area contributed by atoms with Crippen molar-refractivity contribution in [1.82, 2.24) is 9.62 Å². The van der Waals surface area contributed by atoms with E-state index in [2.05, 4.69) is 5.32 Å². The van der Waals surface area contributed by atoms with E-state index in [9.17, 15) is 21.6 Å². The molecule has 1 fully saturated rings. The van der Waals surface area contributed by atoms with E-state index >= 15 is 0 Å². The van der Waals surface area contributed by atoms with Crippen LogP contribution in [0.4, 0.5) is 13.2 Å². The summed E-state index contributed by atoms with van der Waals surface area (Å²) < 4.78 is 61.4. The quantitative estimate of drug-likeness (QED) is 0.747. The molecule has 0 aromatic carbocycles. The Morgan fingerprint density at radius 1 is 1.27 bits per heavy atom. The topological polar surface area (TPSA) is 49.4 Å². The number of hydrogen-bond donors (Lipinski definition) is 1. The summed E-state index contributed by atoms with van der Waals surface area (Å²) in [5, 5.41) is 1.05. The van der Waals surface area contributed by atoms with Crippen LogP contribution in [0, 0.1) is 5.92 Å². The minimum atomic E-state index is -4.47. The minimum absolute atomic E-state index is 0.148. The highest BCUT2D eigenvalue weighted by molar-refractivity contribution is 7.89. The second kappa shape index (κ2) is 3.91. The molecule has 8 heteroatoms. The molecule has 1 N–H and O–H groups in total. The number of nitrogens with zero attached hydrogens (tertiary/aromatic N) is 1. The van der Waals surface area contributed by atoms with Gasteiger partial charge in [0.15, 0.2) is 0 Å². The summed E-state index contributed by atoms with van der Waals surface area (Å²) in [6, 6.07) is 0. The molecule has 0 spiro atoms. The van der Waals surface area contributed by atoms with E-state index in [1.54, 1.807) is 0 Å². The summed E-state index contributed by atoms with van der Waals surface area (Å²) in [5.41, 5.74) is 0.